The molecule has 672 valence electrons. The van der Waals surface area contributed by atoms with E-state index in [4.69, 9.17) is 15.0 Å². The van der Waals surface area contributed by atoms with Crippen molar-refractivity contribution in [3.05, 3.63) is 522 Å². The molecule has 0 saturated carbocycles. The van der Waals surface area contributed by atoms with Gasteiger partial charge in [0.2, 0.25) is 0 Å². The molecule has 0 radical (unpaired) electrons. The third-order valence-corrected chi connectivity index (χ3v) is 31.0. The number of aromatic nitrogens is 6. The van der Waals surface area contributed by atoms with Crippen LogP contribution in [0.1, 0.15) is 2.85 Å². The van der Waals surface area contributed by atoms with Gasteiger partial charge in [0.15, 0.2) is 17.5 Å². The number of hydrogen-bond acceptors (Lipinski definition) is 5. The highest BCUT2D eigenvalue weighted by molar-refractivity contribution is 7.27. The van der Waals surface area contributed by atoms with Gasteiger partial charge >= 0.3 is 0 Å². The van der Waals surface area contributed by atoms with Crippen molar-refractivity contribution in [2.24, 2.45) is 0 Å². The van der Waals surface area contributed by atoms with Crippen LogP contribution in [-0.2, 0) is 0 Å². The van der Waals surface area contributed by atoms with Gasteiger partial charge in [0, 0.05) is 109 Å². The molecule has 29 aromatic rings. The third kappa shape index (κ3) is 14.9. The van der Waals surface area contributed by atoms with Gasteiger partial charge < -0.3 is 13.7 Å². The summed E-state index contributed by atoms with van der Waals surface area (Å²) in [5, 5.41) is 20.6. The second kappa shape index (κ2) is 35.6. The number of nitrogens with zero attached hydrogens (tertiary/aromatic N) is 6. The summed E-state index contributed by atoms with van der Waals surface area (Å²) in [6.07, 6.45) is 0. The van der Waals surface area contributed by atoms with E-state index in [0.717, 1.165) is 27.9 Å². The van der Waals surface area contributed by atoms with Crippen molar-refractivity contribution < 1.29 is 2.85 Å². The minimum atomic E-state index is 0. The van der Waals surface area contributed by atoms with Gasteiger partial charge in [-0.2, -0.15) is 0 Å². The van der Waals surface area contributed by atoms with Crippen LogP contribution in [0, 0.1) is 0 Å². The number of para-hydroxylation sites is 5. The number of thiophene rings is 2. The predicted octanol–water partition coefficient (Wildman–Crippen LogP) is 37.9. The van der Waals surface area contributed by atoms with Crippen LogP contribution in [0.3, 0.4) is 0 Å². The first-order valence-electron chi connectivity index (χ1n) is 48.7. The van der Waals surface area contributed by atoms with E-state index in [1.165, 1.54) is 222 Å². The fourth-order valence-electron chi connectivity index (χ4n) is 21.8. The maximum absolute atomic E-state index is 4.98. The molecule has 0 aliphatic heterocycles. The Bertz CT molecular complexity index is 9940. The molecule has 0 aliphatic carbocycles. The van der Waals surface area contributed by atoms with Gasteiger partial charge in [0.05, 0.1) is 33.1 Å². The second-order valence-corrected chi connectivity index (χ2v) is 38.7. The quantitative estimate of drug-likeness (QED) is 0.108. The molecule has 143 heavy (non-hydrogen) atoms. The second-order valence-electron chi connectivity index (χ2n) is 36.7. The zero-order chi connectivity index (χ0) is 94.4. The first-order valence-corrected chi connectivity index (χ1v) is 50.3. The highest BCUT2D eigenvalue weighted by Crippen LogP contribution is 2.50. The topological polar surface area (TPSA) is 53.5 Å². The fraction of sp³-hybridized carbons (Fsp3) is 0. The minimum absolute atomic E-state index is 0. The van der Waals surface area contributed by atoms with Crippen LogP contribution in [0.2, 0.25) is 0 Å². The lowest BCUT2D eigenvalue weighted by atomic mass is 9.91. The minimum Gasteiger partial charge on any atom is -0.309 e. The molecule has 0 bridgehead atoms. The van der Waals surface area contributed by atoms with Crippen molar-refractivity contribution in [1.82, 2.24) is 28.7 Å². The monoisotopic (exact) mass is 1860 g/mol. The normalized spacial score (nSPS) is 11.6. The van der Waals surface area contributed by atoms with E-state index in [-0.39, 0.29) is 2.85 Å². The molecule has 6 aromatic heterocycles. The summed E-state index contributed by atoms with van der Waals surface area (Å²) in [6.45, 7) is 0. The Morgan fingerprint density at radius 3 is 0.811 bits per heavy atom. The van der Waals surface area contributed by atoms with Gasteiger partial charge in [-0.05, 0) is 213 Å². The Morgan fingerprint density at radius 1 is 0.133 bits per heavy atom. The molecule has 0 spiro atoms. The van der Waals surface area contributed by atoms with E-state index in [9.17, 15) is 0 Å². The molecule has 0 N–H and O–H groups in total. The lowest BCUT2D eigenvalue weighted by Crippen LogP contribution is -2.00. The van der Waals surface area contributed by atoms with Gasteiger partial charge in [0.25, 0.3) is 0 Å². The molecule has 23 aromatic carbocycles. The van der Waals surface area contributed by atoms with Crippen molar-refractivity contribution in [1.29, 1.82) is 0 Å². The van der Waals surface area contributed by atoms with Gasteiger partial charge in [-0.1, -0.05) is 419 Å². The number of hydrogen-bond donors (Lipinski definition) is 0. The molecule has 0 amide bonds. The molecule has 0 saturated heterocycles. The van der Waals surface area contributed by atoms with Gasteiger partial charge in [-0.25, -0.2) is 15.0 Å². The zero-order valence-electron chi connectivity index (χ0n) is 77.7. The number of rotatable bonds is 13. The summed E-state index contributed by atoms with van der Waals surface area (Å²) in [7, 11) is 0. The van der Waals surface area contributed by atoms with E-state index < -0.39 is 0 Å². The largest absolute Gasteiger partial charge is 0.309 e. The van der Waals surface area contributed by atoms with Crippen LogP contribution in [0.4, 0.5) is 0 Å². The van der Waals surface area contributed by atoms with Gasteiger partial charge in [-0.3, -0.25) is 0 Å². The molecule has 0 aliphatic rings. The van der Waals surface area contributed by atoms with Crippen LogP contribution in [0.5, 0.6) is 0 Å². The van der Waals surface area contributed by atoms with Crippen LogP contribution >= 0.6 is 22.7 Å². The van der Waals surface area contributed by atoms with Gasteiger partial charge in [-0.15, -0.1) is 22.7 Å². The smallest absolute Gasteiger partial charge is 0.164 e. The SMILES string of the molecule is [HH].[HH].c1ccc(-c2ccc(-c3cccc4c3sc3c(-c5cccc(-c6nc(-c7ccccc7)nc(-c7ccccc7)n6)c5)cccc34)cc2)cc1.c1ccc(-c2cccc3c2sc2c(-c4cccc(-c5ccc6c7ccccc7c7ccccc7c6c5)c4)cccc23)cc1.c1ccc(-n2c3ccccc3c3cc(-c4ccc5c(c4)c4ccccc4n5-c4ccc5c(c4)c4ccccc4n5-c4ccccc4)ccc32)cc1. The summed E-state index contributed by atoms with van der Waals surface area (Å²) in [5.41, 5.74) is 30.9. The summed E-state index contributed by atoms with van der Waals surface area (Å²) in [4.78, 5) is 14.8. The zero-order valence-corrected chi connectivity index (χ0v) is 79.3. The first kappa shape index (κ1) is 84.0. The molecule has 0 unspecified atom stereocenters. The first-order chi connectivity index (χ1) is 70.9. The standard InChI is InChI=1S/C48H31N3.C45H29N3S.C42H26S.2H2/c1-3-13-34(14-4-1)49-43-20-10-7-17-37(43)40-29-32(23-26-46(40)49)33-24-27-47-41(30-33)38-18-8-12-22-45(38)51(47)36-25-28-48-42(31-36)39-19-9-11-21-44(39)50(48)35-15-5-2-6-16-35;1-4-13-30(14-5-1)31-25-27-32(28-26-31)37-21-11-23-39-40-24-12-22-38(42(40)49-41(37)39)35-19-10-20-36(29-35)45-47-43(33-15-6-2-7-16-33)46-44(48-45)34-17-8-3-9-18-34;1-2-11-27(12-3-1)31-19-9-21-38-39-22-10-20-32(42(39)43-41(31)38)30-14-8-13-28(25-30)29-23-24-37-35-17-5-4-15-33(35)34-16-6-7-18-36(34)40(37)26-29;;/h1-31H;1-29H;1-26H;2*1H. The van der Waals surface area contributed by atoms with Crippen LogP contribution < -0.4 is 0 Å². The maximum Gasteiger partial charge on any atom is 0.164 e. The van der Waals surface area contributed by atoms with Crippen LogP contribution in [0.25, 0.3) is 267 Å². The average Bonchev–Trinajstić information content (AvgIpc) is 0.799. The van der Waals surface area contributed by atoms with E-state index >= 15 is 0 Å². The van der Waals surface area contributed by atoms with Crippen LogP contribution in [-0.4, -0.2) is 28.7 Å². The Balaban J connectivity index is 0.000000113. The number of fused-ring (bicyclic) bond motifs is 21. The summed E-state index contributed by atoms with van der Waals surface area (Å²) >= 11 is 3.78. The average molecular weight is 1860 g/mol. The fourth-order valence-corrected chi connectivity index (χ4v) is 24.5. The third-order valence-electron chi connectivity index (χ3n) is 28.4. The molecule has 8 heteroatoms. The Hall–Kier alpha value is -18.3. The predicted molar refractivity (Wildman–Crippen MR) is 613 cm³/mol. The van der Waals surface area contributed by atoms with Crippen molar-refractivity contribution in [2.75, 3.05) is 0 Å². The van der Waals surface area contributed by atoms with E-state index in [0.29, 0.717) is 17.5 Å². The van der Waals surface area contributed by atoms with Gasteiger partial charge in [0.1, 0.15) is 0 Å². The summed E-state index contributed by atoms with van der Waals surface area (Å²) < 4.78 is 12.4. The number of benzene rings is 23. The molecule has 6 heterocycles. The van der Waals surface area contributed by atoms with E-state index in [2.05, 4.69) is 475 Å². The van der Waals surface area contributed by atoms with Crippen molar-refractivity contribution in [3.63, 3.8) is 0 Å². The highest BCUT2D eigenvalue weighted by atomic mass is 32.1. The van der Waals surface area contributed by atoms with Crippen molar-refractivity contribution in [2.45, 2.75) is 0 Å². The molecular weight excluding hydrogens is 1770 g/mol. The molecule has 29 rings (SSSR count). The summed E-state index contributed by atoms with van der Waals surface area (Å²) in [6, 6.07) is 188. The Kier molecular flexibility index (Phi) is 20.9. The van der Waals surface area contributed by atoms with Crippen LogP contribution in [0.15, 0.2) is 522 Å². The Labute approximate surface area is 836 Å². The Morgan fingerprint density at radius 2 is 0.378 bits per heavy atom. The van der Waals surface area contributed by atoms with E-state index in [1.807, 2.05) is 83.3 Å². The summed E-state index contributed by atoms with van der Waals surface area (Å²) in [5.74, 6) is 1.97. The highest BCUT2D eigenvalue weighted by Gasteiger charge is 2.24. The molecular formula is C135H90N6S2. The lowest BCUT2D eigenvalue weighted by Gasteiger charge is -2.12. The van der Waals surface area contributed by atoms with Crippen molar-refractivity contribution >= 4 is 161 Å². The van der Waals surface area contributed by atoms with Crippen molar-refractivity contribution in [3.8, 4) is 129 Å². The molecule has 0 atom stereocenters. The maximum atomic E-state index is 4.98. The molecule has 0 fully saturated rings. The molecule has 6 nitrogen and oxygen atoms in total. The lowest BCUT2D eigenvalue weighted by molar-refractivity contribution is 1.07. The van der Waals surface area contributed by atoms with E-state index in [1.54, 1.807) is 0 Å².